The maximum atomic E-state index is 13.6. The third-order valence-electron chi connectivity index (χ3n) is 2.98. The summed E-state index contributed by atoms with van der Waals surface area (Å²) in [6, 6.07) is 0. The molecule has 2 heteroatoms. The molecular weight excluding hydrogens is 165 g/mol. The fourth-order valence-electron chi connectivity index (χ4n) is 2.03. The van der Waals surface area contributed by atoms with Gasteiger partial charge in [0, 0.05) is 0 Å². The monoisotopic (exact) mass is 187 g/mol. The Morgan fingerprint density at radius 1 is 1.31 bits per heavy atom. The molecule has 1 atom stereocenters. The normalized spacial score (nSPS) is 21.7. The number of piperidine rings is 1. The first-order chi connectivity index (χ1) is 6.34. The number of unbranched alkanes of at least 4 members (excludes halogenated alkanes) is 2. The number of halogens is 1. The third-order valence-corrected chi connectivity index (χ3v) is 2.98. The summed E-state index contributed by atoms with van der Waals surface area (Å²) >= 11 is 0. The predicted molar refractivity (Wildman–Crippen MR) is 54.6 cm³/mol. The van der Waals surface area contributed by atoms with E-state index in [1.807, 2.05) is 0 Å². The molecule has 0 saturated carbocycles. The van der Waals surface area contributed by atoms with Gasteiger partial charge >= 0.3 is 0 Å². The second-order valence-corrected chi connectivity index (χ2v) is 4.10. The highest BCUT2D eigenvalue weighted by Gasteiger charge is 2.22. The van der Waals surface area contributed by atoms with Crippen molar-refractivity contribution in [1.29, 1.82) is 0 Å². The van der Waals surface area contributed by atoms with Gasteiger partial charge in [0.25, 0.3) is 0 Å². The van der Waals surface area contributed by atoms with Crippen LogP contribution < -0.4 is 5.32 Å². The number of nitrogens with one attached hydrogen (secondary N) is 1. The maximum Gasteiger partial charge on any atom is 0.103 e. The average Bonchev–Trinajstić information content (AvgIpc) is 2.19. The van der Waals surface area contributed by atoms with Gasteiger partial charge in [0.05, 0.1) is 0 Å². The lowest BCUT2D eigenvalue weighted by Gasteiger charge is -2.25. The maximum absolute atomic E-state index is 13.6. The van der Waals surface area contributed by atoms with Gasteiger partial charge in [-0.1, -0.05) is 26.2 Å². The topological polar surface area (TPSA) is 12.0 Å². The summed E-state index contributed by atoms with van der Waals surface area (Å²) in [6.45, 7) is 4.19. The van der Waals surface area contributed by atoms with Gasteiger partial charge in [-0.2, -0.15) is 0 Å². The van der Waals surface area contributed by atoms with Crippen molar-refractivity contribution in [1.82, 2.24) is 5.32 Å². The molecule has 0 radical (unpaired) electrons. The zero-order chi connectivity index (χ0) is 9.52. The standard InChI is InChI=1S/C11H22FN/c1-2-3-4-5-11(12)10-6-8-13-9-7-10/h10-11,13H,2-9H2,1H3. The molecule has 1 aliphatic heterocycles. The fraction of sp³-hybridized carbons (Fsp3) is 1.00. The minimum absolute atomic E-state index is 0.345. The summed E-state index contributed by atoms with van der Waals surface area (Å²) in [7, 11) is 0. The summed E-state index contributed by atoms with van der Waals surface area (Å²) < 4.78 is 13.6. The molecular formula is C11H22FN. The van der Waals surface area contributed by atoms with E-state index in [1.165, 1.54) is 12.8 Å². The first-order valence-corrected chi connectivity index (χ1v) is 5.69. The summed E-state index contributed by atoms with van der Waals surface area (Å²) in [5.74, 6) is 0.345. The van der Waals surface area contributed by atoms with Crippen LogP contribution >= 0.6 is 0 Å². The van der Waals surface area contributed by atoms with Crippen LogP contribution in [-0.4, -0.2) is 19.3 Å². The fourth-order valence-corrected chi connectivity index (χ4v) is 2.03. The Morgan fingerprint density at radius 2 is 2.00 bits per heavy atom. The van der Waals surface area contributed by atoms with E-state index in [-0.39, 0.29) is 0 Å². The Balaban J connectivity index is 2.09. The van der Waals surface area contributed by atoms with Crippen LogP contribution in [0.3, 0.4) is 0 Å². The van der Waals surface area contributed by atoms with E-state index >= 15 is 0 Å². The highest BCUT2D eigenvalue weighted by molar-refractivity contribution is 4.75. The van der Waals surface area contributed by atoms with Gasteiger partial charge in [-0.25, -0.2) is 4.39 Å². The van der Waals surface area contributed by atoms with Crippen LogP contribution in [-0.2, 0) is 0 Å². The third kappa shape index (κ3) is 4.08. The van der Waals surface area contributed by atoms with E-state index in [4.69, 9.17) is 0 Å². The lowest BCUT2D eigenvalue weighted by atomic mass is 9.90. The molecule has 0 aromatic carbocycles. The van der Waals surface area contributed by atoms with Crippen molar-refractivity contribution in [3.8, 4) is 0 Å². The van der Waals surface area contributed by atoms with Crippen molar-refractivity contribution in [2.24, 2.45) is 5.92 Å². The first kappa shape index (κ1) is 11.0. The largest absolute Gasteiger partial charge is 0.317 e. The molecule has 0 spiro atoms. The van der Waals surface area contributed by atoms with Crippen LogP contribution in [0.25, 0.3) is 0 Å². The first-order valence-electron chi connectivity index (χ1n) is 5.69. The Bertz CT molecular complexity index is 121. The van der Waals surface area contributed by atoms with E-state index in [0.717, 1.165) is 38.8 Å². The van der Waals surface area contributed by atoms with Crippen molar-refractivity contribution in [2.75, 3.05) is 13.1 Å². The Kier molecular flexibility index (Phi) is 5.37. The molecule has 0 aliphatic carbocycles. The number of hydrogen-bond donors (Lipinski definition) is 1. The van der Waals surface area contributed by atoms with E-state index in [1.54, 1.807) is 0 Å². The molecule has 1 fully saturated rings. The van der Waals surface area contributed by atoms with Crippen molar-refractivity contribution >= 4 is 0 Å². The summed E-state index contributed by atoms with van der Waals surface area (Å²) in [5.41, 5.74) is 0. The Labute approximate surface area is 81.1 Å². The lowest BCUT2D eigenvalue weighted by Crippen LogP contribution is -2.32. The number of alkyl halides is 1. The van der Waals surface area contributed by atoms with Crippen molar-refractivity contribution in [3.05, 3.63) is 0 Å². The van der Waals surface area contributed by atoms with Gasteiger partial charge in [0.2, 0.25) is 0 Å². The molecule has 1 saturated heterocycles. The van der Waals surface area contributed by atoms with Crippen molar-refractivity contribution in [3.63, 3.8) is 0 Å². The molecule has 0 aromatic rings. The predicted octanol–water partition coefficient (Wildman–Crippen LogP) is 2.90. The summed E-state index contributed by atoms with van der Waals surface area (Å²) in [5, 5.41) is 3.27. The second-order valence-electron chi connectivity index (χ2n) is 4.10. The molecule has 0 bridgehead atoms. The van der Waals surface area contributed by atoms with Gasteiger partial charge in [-0.3, -0.25) is 0 Å². The molecule has 1 unspecified atom stereocenters. The smallest absolute Gasteiger partial charge is 0.103 e. The highest BCUT2D eigenvalue weighted by atomic mass is 19.1. The van der Waals surface area contributed by atoms with Gasteiger partial charge in [0.15, 0.2) is 0 Å². The summed E-state index contributed by atoms with van der Waals surface area (Å²) in [6.07, 6.45) is 5.78. The minimum atomic E-state index is -0.534. The van der Waals surface area contributed by atoms with Crippen LogP contribution in [0.5, 0.6) is 0 Å². The molecule has 13 heavy (non-hydrogen) atoms. The van der Waals surface area contributed by atoms with Crippen LogP contribution in [0.4, 0.5) is 4.39 Å². The van der Waals surface area contributed by atoms with Gasteiger partial charge in [-0.15, -0.1) is 0 Å². The zero-order valence-electron chi connectivity index (χ0n) is 8.69. The lowest BCUT2D eigenvalue weighted by molar-refractivity contribution is 0.174. The van der Waals surface area contributed by atoms with Gasteiger partial charge < -0.3 is 5.32 Å². The van der Waals surface area contributed by atoms with Gasteiger partial charge in [0.1, 0.15) is 6.17 Å². The van der Waals surface area contributed by atoms with Gasteiger partial charge in [-0.05, 0) is 38.3 Å². The SMILES string of the molecule is CCCCCC(F)C1CCNCC1. The van der Waals surface area contributed by atoms with Crippen LogP contribution in [0, 0.1) is 5.92 Å². The molecule has 1 nitrogen and oxygen atoms in total. The average molecular weight is 187 g/mol. The van der Waals surface area contributed by atoms with E-state index in [2.05, 4.69) is 12.2 Å². The molecule has 1 rings (SSSR count). The second kappa shape index (κ2) is 6.36. The number of hydrogen-bond acceptors (Lipinski definition) is 1. The molecule has 1 heterocycles. The van der Waals surface area contributed by atoms with Crippen molar-refractivity contribution in [2.45, 2.75) is 51.6 Å². The molecule has 1 N–H and O–H groups in total. The zero-order valence-corrected chi connectivity index (χ0v) is 8.69. The molecule has 0 aromatic heterocycles. The van der Waals surface area contributed by atoms with Crippen molar-refractivity contribution < 1.29 is 4.39 Å². The quantitative estimate of drug-likeness (QED) is 0.653. The number of rotatable bonds is 5. The van der Waals surface area contributed by atoms with E-state index in [9.17, 15) is 4.39 Å². The van der Waals surface area contributed by atoms with Crippen LogP contribution in [0.2, 0.25) is 0 Å². The molecule has 0 amide bonds. The Hall–Kier alpha value is -0.110. The van der Waals surface area contributed by atoms with E-state index in [0.29, 0.717) is 5.92 Å². The molecule has 78 valence electrons. The van der Waals surface area contributed by atoms with Crippen LogP contribution in [0.1, 0.15) is 45.4 Å². The minimum Gasteiger partial charge on any atom is -0.317 e. The van der Waals surface area contributed by atoms with E-state index < -0.39 is 6.17 Å². The van der Waals surface area contributed by atoms with Crippen LogP contribution in [0.15, 0.2) is 0 Å². The Morgan fingerprint density at radius 3 is 2.62 bits per heavy atom. The summed E-state index contributed by atoms with van der Waals surface area (Å²) in [4.78, 5) is 0. The highest BCUT2D eigenvalue weighted by Crippen LogP contribution is 2.23. The molecule has 1 aliphatic rings.